The summed E-state index contributed by atoms with van der Waals surface area (Å²) >= 11 is 0. The number of imidazole rings is 1. The number of amides is 1. The Bertz CT molecular complexity index is 1190. The number of nitrogens with zero attached hydrogens (tertiary/aromatic N) is 4. The van der Waals surface area contributed by atoms with Crippen molar-refractivity contribution < 1.29 is 9.21 Å². The Morgan fingerprint density at radius 2 is 2.03 bits per heavy atom. The van der Waals surface area contributed by atoms with Gasteiger partial charge in [0, 0.05) is 24.8 Å². The van der Waals surface area contributed by atoms with Crippen LogP contribution in [0.25, 0.3) is 22.7 Å². The summed E-state index contributed by atoms with van der Waals surface area (Å²) in [6.07, 6.45) is 4.28. The second-order valence-electron chi connectivity index (χ2n) is 7.62. The van der Waals surface area contributed by atoms with E-state index in [4.69, 9.17) is 9.40 Å². The van der Waals surface area contributed by atoms with Crippen LogP contribution in [0.15, 0.2) is 59.3 Å². The van der Waals surface area contributed by atoms with Gasteiger partial charge in [0.2, 0.25) is 0 Å². The van der Waals surface area contributed by atoms with Crippen LogP contribution in [-0.2, 0) is 0 Å². The van der Waals surface area contributed by atoms with Crippen LogP contribution in [-0.4, -0.2) is 38.4 Å². The molecule has 6 heteroatoms. The van der Waals surface area contributed by atoms with Crippen molar-refractivity contribution in [2.75, 3.05) is 13.1 Å². The molecule has 0 spiro atoms. The van der Waals surface area contributed by atoms with Crippen molar-refractivity contribution in [3.8, 4) is 11.6 Å². The number of rotatable bonds is 3. The van der Waals surface area contributed by atoms with Crippen LogP contribution in [0.5, 0.6) is 0 Å². The minimum Gasteiger partial charge on any atom is -0.461 e. The molecule has 1 amide bonds. The molecule has 1 aliphatic rings. The molecule has 0 N–H and O–H groups in total. The zero-order valence-electron chi connectivity index (χ0n) is 16.5. The highest BCUT2D eigenvalue weighted by molar-refractivity contribution is 5.94. The number of hydrogen-bond acceptors (Lipinski definition) is 4. The molecular weight excluding hydrogens is 364 g/mol. The van der Waals surface area contributed by atoms with Crippen LogP contribution in [0.4, 0.5) is 0 Å². The summed E-state index contributed by atoms with van der Waals surface area (Å²) in [7, 11) is 0. The molecule has 146 valence electrons. The van der Waals surface area contributed by atoms with E-state index in [0.717, 1.165) is 34.5 Å². The van der Waals surface area contributed by atoms with Gasteiger partial charge in [0.1, 0.15) is 5.52 Å². The van der Waals surface area contributed by atoms with Crippen molar-refractivity contribution in [3.05, 3.63) is 71.6 Å². The fourth-order valence-corrected chi connectivity index (χ4v) is 4.05. The van der Waals surface area contributed by atoms with E-state index in [0.29, 0.717) is 18.8 Å². The molecule has 0 saturated carbocycles. The Kier molecular flexibility index (Phi) is 4.19. The fourth-order valence-electron chi connectivity index (χ4n) is 4.05. The van der Waals surface area contributed by atoms with Crippen molar-refractivity contribution in [2.45, 2.75) is 26.3 Å². The summed E-state index contributed by atoms with van der Waals surface area (Å²) < 4.78 is 7.75. The molecule has 0 aliphatic carbocycles. The highest BCUT2D eigenvalue weighted by atomic mass is 16.3. The number of fused-ring (bicyclic) bond motifs is 1. The minimum absolute atomic E-state index is 0.0764. The standard InChI is InChI=1S/C23H22N4O2/c1-15-7-8-17(13-16(15)2)23(28)26-11-9-18(14-26)27-21-19(5-3-10-24-21)25-22(27)20-6-4-12-29-20/h3-8,10,12-13,18H,9,11,14H2,1-2H3/t18-/m1/s1. The van der Waals surface area contributed by atoms with E-state index in [9.17, 15) is 4.79 Å². The van der Waals surface area contributed by atoms with Gasteiger partial charge >= 0.3 is 0 Å². The van der Waals surface area contributed by atoms with E-state index in [-0.39, 0.29) is 11.9 Å². The van der Waals surface area contributed by atoms with Gasteiger partial charge in [-0.25, -0.2) is 9.97 Å². The zero-order valence-corrected chi connectivity index (χ0v) is 16.5. The minimum atomic E-state index is 0.0764. The predicted octanol–water partition coefficient (Wildman–Crippen LogP) is 4.40. The molecule has 4 aromatic rings. The van der Waals surface area contributed by atoms with E-state index < -0.39 is 0 Å². The van der Waals surface area contributed by atoms with Gasteiger partial charge < -0.3 is 13.9 Å². The molecule has 0 bridgehead atoms. The number of benzene rings is 1. The summed E-state index contributed by atoms with van der Waals surface area (Å²) in [5.41, 5.74) is 4.73. The average Bonchev–Trinajstić information content (AvgIpc) is 3.47. The topological polar surface area (TPSA) is 64.2 Å². The first-order chi connectivity index (χ1) is 14.1. The van der Waals surface area contributed by atoms with Gasteiger partial charge in [-0.1, -0.05) is 6.07 Å². The molecule has 4 heterocycles. The van der Waals surface area contributed by atoms with Crippen molar-refractivity contribution in [2.24, 2.45) is 0 Å². The monoisotopic (exact) mass is 386 g/mol. The molecule has 5 rings (SSSR count). The maximum absolute atomic E-state index is 13.1. The van der Waals surface area contributed by atoms with Crippen LogP contribution >= 0.6 is 0 Å². The second-order valence-corrected chi connectivity index (χ2v) is 7.62. The molecule has 1 saturated heterocycles. The number of pyridine rings is 1. The third-order valence-electron chi connectivity index (χ3n) is 5.76. The number of carbonyl (C=O) groups excluding carboxylic acids is 1. The molecule has 29 heavy (non-hydrogen) atoms. The van der Waals surface area contributed by atoms with Gasteiger partial charge in [0.05, 0.1) is 12.3 Å². The van der Waals surface area contributed by atoms with E-state index in [1.54, 1.807) is 12.5 Å². The van der Waals surface area contributed by atoms with Crippen molar-refractivity contribution in [1.29, 1.82) is 0 Å². The van der Waals surface area contributed by atoms with Gasteiger partial charge in [-0.2, -0.15) is 0 Å². The van der Waals surface area contributed by atoms with Gasteiger partial charge in [0.15, 0.2) is 17.2 Å². The van der Waals surface area contributed by atoms with Crippen LogP contribution in [0, 0.1) is 13.8 Å². The molecule has 1 aliphatic heterocycles. The molecule has 1 fully saturated rings. The van der Waals surface area contributed by atoms with Crippen molar-refractivity contribution >= 4 is 17.1 Å². The lowest BCUT2D eigenvalue weighted by Crippen LogP contribution is -2.29. The Hall–Kier alpha value is -3.41. The number of aryl methyl sites for hydroxylation is 2. The van der Waals surface area contributed by atoms with Crippen LogP contribution in [0.3, 0.4) is 0 Å². The van der Waals surface area contributed by atoms with Gasteiger partial charge in [0.25, 0.3) is 5.91 Å². The zero-order chi connectivity index (χ0) is 20.0. The molecule has 1 aromatic carbocycles. The third kappa shape index (κ3) is 3.01. The molecular formula is C23H22N4O2. The van der Waals surface area contributed by atoms with Gasteiger partial charge in [-0.15, -0.1) is 0 Å². The number of furan rings is 1. The lowest BCUT2D eigenvalue weighted by Gasteiger charge is -2.19. The first kappa shape index (κ1) is 17.7. The SMILES string of the molecule is Cc1ccc(C(=O)N2CC[C@@H](n3c(-c4ccco4)nc4cccnc43)C2)cc1C. The number of likely N-dealkylation sites (tertiary alicyclic amines) is 1. The van der Waals surface area contributed by atoms with Crippen molar-refractivity contribution in [1.82, 2.24) is 19.4 Å². The summed E-state index contributed by atoms with van der Waals surface area (Å²) in [6, 6.07) is 13.6. The lowest BCUT2D eigenvalue weighted by molar-refractivity contribution is 0.0788. The highest BCUT2D eigenvalue weighted by Crippen LogP contribution is 2.32. The average molecular weight is 386 g/mol. The van der Waals surface area contributed by atoms with E-state index >= 15 is 0 Å². The maximum atomic E-state index is 13.1. The molecule has 0 unspecified atom stereocenters. The van der Waals surface area contributed by atoms with E-state index in [2.05, 4.69) is 16.5 Å². The predicted molar refractivity (Wildman–Crippen MR) is 111 cm³/mol. The van der Waals surface area contributed by atoms with E-state index in [1.165, 1.54) is 5.56 Å². The van der Waals surface area contributed by atoms with Crippen LogP contribution in [0.1, 0.15) is 33.9 Å². The molecule has 0 radical (unpaired) electrons. The smallest absolute Gasteiger partial charge is 0.253 e. The maximum Gasteiger partial charge on any atom is 0.253 e. The number of hydrogen-bond donors (Lipinski definition) is 0. The fraction of sp³-hybridized carbons (Fsp3) is 0.261. The summed E-state index contributed by atoms with van der Waals surface area (Å²) in [5.74, 6) is 1.55. The van der Waals surface area contributed by atoms with Crippen LogP contribution < -0.4 is 0 Å². The van der Waals surface area contributed by atoms with E-state index in [1.807, 2.05) is 54.3 Å². The normalized spacial score (nSPS) is 16.6. The highest BCUT2D eigenvalue weighted by Gasteiger charge is 2.31. The van der Waals surface area contributed by atoms with Crippen molar-refractivity contribution in [3.63, 3.8) is 0 Å². The van der Waals surface area contributed by atoms with Crippen LogP contribution in [0.2, 0.25) is 0 Å². The quantitative estimate of drug-likeness (QED) is 0.524. The number of carbonyl (C=O) groups is 1. The molecule has 6 nitrogen and oxygen atoms in total. The van der Waals surface area contributed by atoms with Gasteiger partial charge in [-0.05, 0) is 67.8 Å². The first-order valence-electron chi connectivity index (χ1n) is 9.85. The Labute approximate surface area is 168 Å². The van der Waals surface area contributed by atoms with Gasteiger partial charge in [-0.3, -0.25) is 4.79 Å². The Balaban J connectivity index is 1.48. The third-order valence-corrected chi connectivity index (χ3v) is 5.76. The molecule has 1 atom stereocenters. The first-order valence-corrected chi connectivity index (χ1v) is 9.85. The molecule has 3 aromatic heterocycles. The largest absolute Gasteiger partial charge is 0.461 e. The summed E-state index contributed by atoms with van der Waals surface area (Å²) in [6.45, 7) is 5.43. The summed E-state index contributed by atoms with van der Waals surface area (Å²) in [5, 5.41) is 0. The second kappa shape index (κ2) is 6.88. The lowest BCUT2D eigenvalue weighted by atomic mass is 10.1. The summed E-state index contributed by atoms with van der Waals surface area (Å²) in [4.78, 5) is 24.3. The number of aromatic nitrogens is 3. The Morgan fingerprint density at radius 3 is 2.83 bits per heavy atom. The Morgan fingerprint density at radius 1 is 1.14 bits per heavy atom.